The summed E-state index contributed by atoms with van der Waals surface area (Å²) in [6.07, 6.45) is 1.47. The van der Waals surface area contributed by atoms with Gasteiger partial charge >= 0.3 is 0 Å². The topological polar surface area (TPSA) is 62.1 Å². The minimum atomic E-state index is -0.140. The Hall–Kier alpha value is -1.60. The number of phenolic OH excluding ortho intramolecular Hbond substituents is 1. The molecule has 1 aromatic carbocycles. The molecule has 2 rings (SSSR count). The van der Waals surface area contributed by atoms with E-state index >= 15 is 0 Å². The van der Waals surface area contributed by atoms with E-state index in [1.165, 1.54) is 36.2 Å². The number of amides is 1. The molecular formula is C11H10N2O3S2. The first-order valence-electron chi connectivity index (χ1n) is 5.02. The average molecular weight is 282 g/mol. The largest absolute Gasteiger partial charge is 0.504 e. The van der Waals surface area contributed by atoms with E-state index in [0.29, 0.717) is 21.4 Å². The molecule has 0 aromatic heterocycles. The molecule has 1 heterocycles. The second kappa shape index (κ2) is 5.36. The van der Waals surface area contributed by atoms with Crippen molar-refractivity contribution in [3.63, 3.8) is 0 Å². The van der Waals surface area contributed by atoms with Crippen molar-refractivity contribution < 1.29 is 14.6 Å². The number of carbonyl (C=O) groups is 1. The summed E-state index contributed by atoms with van der Waals surface area (Å²) < 4.78 is 5.37. The summed E-state index contributed by atoms with van der Waals surface area (Å²) in [4.78, 5) is 11.4. The van der Waals surface area contributed by atoms with Crippen molar-refractivity contribution in [2.75, 3.05) is 12.9 Å². The molecule has 1 N–H and O–H groups in total. The van der Waals surface area contributed by atoms with Crippen LogP contribution in [0, 0.1) is 0 Å². The van der Waals surface area contributed by atoms with Crippen molar-refractivity contribution in [2.24, 2.45) is 5.10 Å². The highest BCUT2D eigenvalue weighted by Gasteiger charge is 2.25. The van der Waals surface area contributed by atoms with E-state index in [9.17, 15) is 9.90 Å². The summed E-state index contributed by atoms with van der Waals surface area (Å²) in [5.74, 6) is 0.588. The molecule has 7 heteroatoms. The van der Waals surface area contributed by atoms with Crippen molar-refractivity contribution in [3.05, 3.63) is 23.8 Å². The molecule has 0 atom stereocenters. The van der Waals surface area contributed by atoms with Gasteiger partial charge in [0.1, 0.15) is 0 Å². The molecule has 5 nitrogen and oxygen atoms in total. The number of thioether (sulfide) groups is 1. The van der Waals surface area contributed by atoms with Crippen molar-refractivity contribution in [2.45, 2.75) is 0 Å². The van der Waals surface area contributed by atoms with E-state index in [4.69, 9.17) is 17.0 Å². The van der Waals surface area contributed by atoms with Crippen molar-refractivity contribution in [3.8, 4) is 11.5 Å². The molecule has 1 aliphatic rings. The number of hydrazone groups is 1. The van der Waals surface area contributed by atoms with Crippen LogP contribution in [0.1, 0.15) is 5.56 Å². The smallest absolute Gasteiger partial charge is 0.259 e. The number of ether oxygens (including phenoxy) is 1. The predicted molar refractivity (Wildman–Crippen MR) is 74.2 cm³/mol. The van der Waals surface area contributed by atoms with Gasteiger partial charge in [0.25, 0.3) is 5.91 Å². The van der Waals surface area contributed by atoms with E-state index in [-0.39, 0.29) is 11.7 Å². The zero-order valence-corrected chi connectivity index (χ0v) is 11.1. The summed E-state index contributed by atoms with van der Waals surface area (Å²) in [6.45, 7) is 0. The van der Waals surface area contributed by atoms with Gasteiger partial charge in [0, 0.05) is 0 Å². The molecule has 0 aliphatic carbocycles. The van der Waals surface area contributed by atoms with Gasteiger partial charge in [0.15, 0.2) is 15.8 Å². The van der Waals surface area contributed by atoms with E-state index in [0.717, 1.165) is 0 Å². The molecule has 0 spiro atoms. The maximum Gasteiger partial charge on any atom is 0.259 e. The Morgan fingerprint density at radius 2 is 2.39 bits per heavy atom. The first-order valence-corrected chi connectivity index (χ1v) is 6.42. The Morgan fingerprint density at radius 3 is 2.94 bits per heavy atom. The fraction of sp³-hybridized carbons (Fsp3) is 0.182. The lowest BCUT2D eigenvalue weighted by Gasteiger charge is -2.07. The van der Waals surface area contributed by atoms with Crippen molar-refractivity contribution >= 4 is 40.4 Å². The minimum Gasteiger partial charge on any atom is -0.504 e. The summed E-state index contributed by atoms with van der Waals surface area (Å²) >= 11 is 6.27. The van der Waals surface area contributed by atoms with Gasteiger partial charge in [-0.15, -0.1) is 0 Å². The van der Waals surface area contributed by atoms with Crippen molar-refractivity contribution in [1.82, 2.24) is 5.01 Å². The predicted octanol–water partition coefficient (Wildman–Crippen LogP) is 1.59. The van der Waals surface area contributed by atoms with Crippen LogP contribution in [0.15, 0.2) is 23.3 Å². The SMILES string of the molecule is COc1ccc(C=NN2C(=O)CSC2=S)cc1O. The summed E-state index contributed by atoms with van der Waals surface area (Å²) in [5.41, 5.74) is 0.654. The van der Waals surface area contributed by atoms with Crippen LogP contribution in [0.2, 0.25) is 0 Å². The number of hydrogen-bond acceptors (Lipinski definition) is 6. The van der Waals surface area contributed by atoms with E-state index in [2.05, 4.69) is 5.10 Å². The number of phenols is 1. The molecule has 0 unspecified atom stereocenters. The molecule has 1 amide bonds. The molecule has 0 bridgehead atoms. The number of thiocarbonyl (C=S) groups is 1. The third-order valence-corrected chi connectivity index (χ3v) is 3.59. The maximum atomic E-state index is 11.4. The Morgan fingerprint density at radius 1 is 1.61 bits per heavy atom. The number of benzene rings is 1. The molecule has 1 aromatic rings. The Balaban J connectivity index is 2.16. The van der Waals surface area contributed by atoms with Crippen LogP contribution in [-0.2, 0) is 4.79 Å². The van der Waals surface area contributed by atoms with Gasteiger partial charge in [-0.05, 0) is 23.8 Å². The quantitative estimate of drug-likeness (QED) is 0.674. The fourth-order valence-corrected chi connectivity index (χ4v) is 2.34. The Kier molecular flexibility index (Phi) is 3.83. The van der Waals surface area contributed by atoms with Crippen LogP contribution in [0.5, 0.6) is 11.5 Å². The Bertz CT molecular complexity index is 515. The highest BCUT2D eigenvalue weighted by molar-refractivity contribution is 8.23. The highest BCUT2D eigenvalue weighted by Crippen LogP contribution is 2.25. The number of carbonyl (C=O) groups excluding carboxylic acids is 1. The summed E-state index contributed by atoms with van der Waals surface area (Å²) in [5, 5.41) is 14.8. The number of methoxy groups -OCH3 is 1. The summed E-state index contributed by atoms with van der Waals surface area (Å²) in [6, 6.07) is 4.84. The molecule has 18 heavy (non-hydrogen) atoms. The minimum absolute atomic E-state index is 0.0196. The number of nitrogens with zero attached hydrogens (tertiary/aromatic N) is 2. The monoisotopic (exact) mass is 282 g/mol. The van der Waals surface area contributed by atoms with Crippen LogP contribution in [-0.4, -0.2) is 39.4 Å². The molecule has 1 aliphatic heterocycles. The van der Waals surface area contributed by atoms with Crippen LogP contribution in [0.4, 0.5) is 0 Å². The van der Waals surface area contributed by atoms with E-state index < -0.39 is 0 Å². The zero-order chi connectivity index (χ0) is 13.1. The van der Waals surface area contributed by atoms with Gasteiger partial charge in [0.05, 0.1) is 19.1 Å². The van der Waals surface area contributed by atoms with Gasteiger partial charge < -0.3 is 9.84 Å². The third kappa shape index (κ3) is 2.62. The molecule has 1 fully saturated rings. The van der Waals surface area contributed by atoms with Crippen LogP contribution >= 0.6 is 24.0 Å². The zero-order valence-electron chi connectivity index (χ0n) is 9.49. The Labute approximate surface area is 113 Å². The first-order chi connectivity index (χ1) is 8.61. The molecule has 0 radical (unpaired) electrons. The highest BCUT2D eigenvalue weighted by atomic mass is 32.2. The molecule has 0 saturated carbocycles. The average Bonchev–Trinajstić information content (AvgIpc) is 2.67. The second-order valence-corrected chi connectivity index (χ2v) is 5.05. The van der Waals surface area contributed by atoms with Crippen LogP contribution in [0.25, 0.3) is 0 Å². The van der Waals surface area contributed by atoms with Crippen LogP contribution < -0.4 is 4.74 Å². The maximum absolute atomic E-state index is 11.4. The van der Waals surface area contributed by atoms with E-state index in [1.807, 2.05) is 0 Å². The number of rotatable bonds is 3. The second-order valence-electron chi connectivity index (χ2n) is 3.44. The first kappa shape index (κ1) is 12.8. The lowest BCUT2D eigenvalue weighted by Crippen LogP contribution is -2.22. The van der Waals surface area contributed by atoms with Gasteiger partial charge in [-0.1, -0.05) is 24.0 Å². The standard InChI is InChI=1S/C11H10N2O3S2/c1-16-9-3-2-7(4-8(9)14)5-12-13-10(15)6-18-11(13)17/h2-5,14H,6H2,1H3. The lowest BCUT2D eigenvalue weighted by molar-refractivity contribution is -0.123. The fourth-order valence-electron chi connectivity index (χ4n) is 1.37. The van der Waals surface area contributed by atoms with Gasteiger partial charge in [0.2, 0.25) is 0 Å². The van der Waals surface area contributed by atoms with Gasteiger partial charge in [-0.2, -0.15) is 10.1 Å². The number of hydrogen-bond donors (Lipinski definition) is 1. The third-order valence-electron chi connectivity index (χ3n) is 2.25. The molecular weight excluding hydrogens is 272 g/mol. The number of aromatic hydroxyl groups is 1. The van der Waals surface area contributed by atoms with Crippen LogP contribution in [0.3, 0.4) is 0 Å². The van der Waals surface area contributed by atoms with E-state index in [1.54, 1.807) is 12.1 Å². The van der Waals surface area contributed by atoms with Gasteiger partial charge in [-0.25, -0.2) is 0 Å². The summed E-state index contributed by atoms with van der Waals surface area (Å²) in [7, 11) is 1.47. The normalized spacial score (nSPS) is 15.7. The van der Waals surface area contributed by atoms with Crippen molar-refractivity contribution in [1.29, 1.82) is 0 Å². The molecule has 1 saturated heterocycles. The lowest BCUT2D eigenvalue weighted by atomic mass is 10.2. The molecule has 94 valence electrons. The van der Waals surface area contributed by atoms with Gasteiger partial charge in [-0.3, -0.25) is 4.79 Å².